The molecule has 0 saturated heterocycles. The molecule has 0 aliphatic carbocycles. The number of thiazole rings is 1. The molecular weight excluding hydrogens is 424 g/mol. The van der Waals surface area contributed by atoms with Crippen LogP contribution in [0.2, 0.25) is 0 Å². The lowest BCUT2D eigenvalue weighted by atomic mass is 10.2. The van der Waals surface area contributed by atoms with E-state index < -0.39 is 0 Å². The lowest BCUT2D eigenvalue weighted by molar-refractivity contribution is -0.111. The Morgan fingerprint density at radius 3 is 2.93 bits per heavy atom. The summed E-state index contributed by atoms with van der Waals surface area (Å²) in [7, 11) is 0. The van der Waals surface area contributed by atoms with E-state index in [4.69, 9.17) is 4.74 Å². The predicted molar refractivity (Wildman–Crippen MR) is 115 cm³/mol. The number of halogens is 1. The molecule has 1 heterocycles. The van der Waals surface area contributed by atoms with Gasteiger partial charge < -0.3 is 4.74 Å². The molecule has 27 heavy (non-hydrogen) atoms. The minimum Gasteiger partial charge on any atom is -0.493 e. The number of carbonyl (C=O) groups is 1. The first-order valence-electron chi connectivity index (χ1n) is 8.58. The van der Waals surface area contributed by atoms with Gasteiger partial charge in [-0.25, -0.2) is 4.98 Å². The number of amides is 1. The van der Waals surface area contributed by atoms with Crippen molar-refractivity contribution in [1.82, 2.24) is 4.98 Å². The zero-order valence-electron chi connectivity index (χ0n) is 14.8. The zero-order chi connectivity index (χ0) is 19.1. The summed E-state index contributed by atoms with van der Waals surface area (Å²) in [5.41, 5.74) is 2.70. The van der Waals surface area contributed by atoms with Crippen molar-refractivity contribution in [2.45, 2.75) is 13.3 Å². The topological polar surface area (TPSA) is 51.2 Å². The first-order chi connectivity index (χ1) is 13.2. The summed E-state index contributed by atoms with van der Waals surface area (Å²) >= 11 is 4.85. The SMILES string of the molecule is CCCOc1ccccc1/C=C/C(=O)Nc1nc(-c2cccc(Br)c2)cs1. The maximum absolute atomic E-state index is 12.2. The van der Waals surface area contributed by atoms with E-state index in [1.807, 2.05) is 53.9 Å². The average Bonchev–Trinajstić information content (AvgIpc) is 3.14. The molecule has 0 atom stereocenters. The standard InChI is InChI=1S/C21H19BrN2O2S/c1-2-12-26-19-9-4-3-6-15(19)10-11-20(25)24-21-23-18(14-27-21)16-7-5-8-17(22)13-16/h3-11,13-14H,2,12H2,1H3,(H,23,24,25)/b11-10+. The van der Waals surface area contributed by atoms with Crippen LogP contribution in [0.25, 0.3) is 17.3 Å². The molecule has 1 amide bonds. The summed E-state index contributed by atoms with van der Waals surface area (Å²) < 4.78 is 6.69. The summed E-state index contributed by atoms with van der Waals surface area (Å²) in [6.07, 6.45) is 4.18. The number of anilines is 1. The van der Waals surface area contributed by atoms with Gasteiger partial charge in [0.05, 0.1) is 12.3 Å². The van der Waals surface area contributed by atoms with Crippen molar-refractivity contribution < 1.29 is 9.53 Å². The van der Waals surface area contributed by atoms with Crippen LogP contribution >= 0.6 is 27.3 Å². The van der Waals surface area contributed by atoms with Crippen LogP contribution in [-0.2, 0) is 4.79 Å². The van der Waals surface area contributed by atoms with Gasteiger partial charge in [-0.1, -0.05) is 53.2 Å². The Balaban J connectivity index is 1.66. The van der Waals surface area contributed by atoms with Crippen molar-refractivity contribution in [3.8, 4) is 17.0 Å². The van der Waals surface area contributed by atoms with Crippen molar-refractivity contribution in [3.63, 3.8) is 0 Å². The molecule has 4 nitrogen and oxygen atoms in total. The van der Waals surface area contributed by atoms with Crippen LogP contribution in [0.4, 0.5) is 5.13 Å². The molecule has 6 heteroatoms. The van der Waals surface area contributed by atoms with Gasteiger partial charge in [-0.15, -0.1) is 11.3 Å². The molecule has 0 fully saturated rings. The third kappa shape index (κ3) is 5.52. The highest BCUT2D eigenvalue weighted by Crippen LogP contribution is 2.27. The molecule has 2 aromatic carbocycles. The van der Waals surface area contributed by atoms with E-state index in [1.54, 1.807) is 6.08 Å². The molecule has 1 N–H and O–H groups in total. The maximum Gasteiger partial charge on any atom is 0.250 e. The van der Waals surface area contributed by atoms with Gasteiger partial charge in [0.25, 0.3) is 0 Å². The highest BCUT2D eigenvalue weighted by Gasteiger charge is 2.07. The fourth-order valence-corrected chi connectivity index (χ4v) is 3.51. The van der Waals surface area contributed by atoms with Crippen molar-refractivity contribution in [2.24, 2.45) is 0 Å². The van der Waals surface area contributed by atoms with Crippen LogP contribution in [0, 0.1) is 0 Å². The lowest BCUT2D eigenvalue weighted by Gasteiger charge is -2.07. The second-order valence-electron chi connectivity index (χ2n) is 5.76. The monoisotopic (exact) mass is 442 g/mol. The molecule has 0 aliphatic heterocycles. The predicted octanol–water partition coefficient (Wildman–Crippen LogP) is 6.01. The number of hydrogen-bond donors (Lipinski definition) is 1. The number of para-hydroxylation sites is 1. The molecule has 0 aliphatic rings. The highest BCUT2D eigenvalue weighted by molar-refractivity contribution is 9.10. The fraction of sp³-hybridized carbons (Fsp3) is 0.143. The van der Waals surface area contributed by atoms with Crippen LogP contribution in [0.5, 0.6) is 5.75 Å². The largest absolute Gasteiger partial charge is 0.493 e. The molecule has 1 aromatic heterocycles. The third-order valence-corrected chi connectivity index (χ3v) is 4.90. The van der Waals surface area contributed by atoms with E-state index in [0.29, 0.717) is 11.7 Å². The summed E-state index contributed by atoms with van der Waals surface area (Å²) in [5.74, 6) is 0.546. The summed E-state index contributed by atoms with van der Waals surface area (Å²) in [6, 6.07) is 15.6. The second-order valence-corrected chi connectivity index (χ2v) is 7.53. The fourth-order valence-electron chi connectivity index (χ4n) is 2.39. The molecule has 3 aromatic rings. The van der Waals surface area contributed by atoms with Crippen LogP contribution in [0.15, 0.2) is 64.5 Å². The normalized spacial score (nSPS) is 10.9. The van der Waals surface area contributed by atoms with E-state index in [0.717, 1.165) is 33.5 Å². The van der Waals surface area contributed by atoms with Gasteiger partial charge in [-0.05, 0) is 30.7 Å². The van der Waals surface area contributed by atoms with E-state index in [1.165, 1.54) is 17.4 Å². The minimum atomic E-state index is -0.226. The van der Waals surface area contributed by atoms with Crippen molar-refractivity contribution >= 4 is 44.4 Å². The quantitative estimate of drug-likeness (QED) is 0.455. The number of benzene rings is 2. The van der Waals surface area contributed by atoms with Gasteiger partial charge in [0.1, 0.15) is 5.75 Å². The Bertz CT molecular complexity index is 953. The van der Waals surface area contributed by atoms with Crippen LogP contribution < -0.4 is 10.1 Å². The van der Waals surface area contributed by atoms with Gasteiger partial charge >= 0.3 is 0 Å². The molecule has 0 unspecified atom stereocenters. The van der Waals surface area contributed by atoms with Crippen molar-refractivity contribution in [3.05, 3.63) is 70.0 Å². The van der Waals surface area contributed by atoms with Gasteiger partial charge in [-0.2, -0.15) is 0 Å². The van der Waals surface area contributed by atoms with Crippen molar-refractivity contribution in [1.29, 1.82) is 0 Å². The Morgan fingerprint density at radius 1 is 1.26 bits per heavy atom. The summed E-state index contributed by atoms with van der Waals surface area (Å²) in [6.45, 7) is 2.71. The average molecular weight is 443 g/mol. The molecule has 0 saturated carbocycles. The van der Waals surface area contributed by atoms with E-state index in [9.17, 15) is 4.79 Å². The Labute approximate surface area is 171 Å². The van der Waals surface area contributed by atoms with Crippen LogP contribution in [0.3, 0.4) is 0 Å². The lowest BCUT2D eigenvalue weighted by Crippen LogP contribution is -2.07. The molecule has 3 rings (SSSR count). The van der Waals surface area contributed by atoms with Crippen LogP contribution in [-0.4, -0.2) is 17.5 Å². The van der Waals surface area contributed by atoms with Gasteiger partial charge in [0.15, 0.2) is 5.13 Å². The maximum atomic E-state index is 12.2. The Hall–Kier alpha value is -2.44. The smallest absolute Gasteiger partial charge is 0.250 e. The number of ether oxygens (including phenoxy) is 1. The highest BCUT2D eigenvalue weighted by atomic mass is 79.9. The van der Waals surface area contributed by atoms with Gasteiger partial charge in [0, 0.05) is 27.1 Å². The summed E-state index contributed by atoms with van der Waals surface area (Å²) in [4.78, 5) is 16.7. The van der Waals surface area contributed by atoms with Crippen molar-refractivity contribution in [2.75, 3.05) is 11.9 Å². The molecular formula is C21H19BrN2O2S. The minimum absolute atomic E-state index is 0.226. The number of nitrogens with zero attached hydrogens (tertiary/aromatic N) is 1. The third-order valence-electron chi connectivity index (χ3n) is 3.65. The molecule has 0 bridgehead atoms. The summed E-state index contributed by atoms with van der Waals surface area (Å²) in [5, 5.41) is 5.30. The second kappa shape index (κ2) is 9.48. The molecule has 138 valence electrons. The number of rotatable bonds is 7. The number of hydrogen-bond acceptors (Lipinski definition) is 4. The van der Waals surface area contributed by atoms with E-state index in [2.05, 4.69) is 33.2 Å². The van der Waals surface area contributed by atoms with Crippen LogP contribution in [0.1, 0.15) is 18.9 Å². The first kappa shape index (κ1) is 19.3. The molecule has 0 radical (unpaired) electrons. The van der Waals surface area contributed by atoms with E-state index >= 15 is 0 Å². The van der Waals surface area contributed by atoms with Gasteiger partial charge in [-0.3, -0.25) is 10.1 Å². The Kier molecular flexibility index (Phi) is 6.79. The number of carbonyl (C=O) groups excluding carboxylic acids is 1. The Morgan fingerprint density at radius 2 is 2.11 bits per heavy atom. The van der Waals surface area contributed by atoms with Gasteiger partial charge in [0.2, 0.25) is 5.91 Å². The number of nitrogens with one attached hydrogen (secondary N) is 1. The number of aromatic nitrogens is 1. The zero-order valence-corrected chi connectivity index (χ0v) is 17.2. The first-order valence-corrected chi connectivity index (χ1v) is 10.3. The molecule has 0 spiro atoms. The van der Waals surface area contributed by atoms with E-state index in [-0.39, 0.29) is 5.91 Å².